The SMILES string of the molecule is CC(C)(C)c1cc(C(=O)O)c(N(c2ccccc2)c2ccccc2)c(C(=O)O)c1. The summed E-state index contributed by atoms with van der Waals surface area (Å²) in [7, 11) is 0. The summed E-state index contributed by atoms with van der Waals surface area (Å²) in [6.45, 7) is 5.77. The van der Waals surface area contributed by atoms with Gasteiger partial charge in [-0.3, -0.25) is 0 Å². The molecule has 0 amide bonds. The first-order valence-electron chi connectivity index (χ1n) is 9.25. The molecule has 0 spiro atoms. The second-order valence-electron chi connectivity index (χ2n) is 7.79. The number of aromatic carboxylic acids is 2. The van der Waals surface area contributed by atoms with Gasteiger partial charge >= 0.3 is 11.9 Å². The predicted octanol–water partition coefficient (Wildman–Crippen LogP) is 5.85. The van der Waals surface area contributed by atoms with E-state index in [0.29, 0.717) is 16.9 Å². The molecule has 0 aliphatic rings. The Kier molecular flexibility index (Phi) is 5.41. The Hall–Kier alpha value is -3.60. The average Bonchev–Trinajstić information content (AvgIpc) is 2.68. The van der Waals surface area contributed by atoms with Gasteiger partial charge in [-0.15, -0.1) is 0 Å². The molecule has 0 saturated carbocycles. The Labute approximate surface area is 169 Å². The maximum atomic E-state index is 12.2. The molecule has 0 aromatic heterocycles. The molecule has 3 rings (SSSR count). The molecule has 0 saturated heterocycles. The van der Waals surface area contributed by atoms with Crippen LogP contribution in [-0.2, 0) is 5.41 Å². The zero-order valence-electron chi connectivity index (χ0n) is 16.6. The molecule has 3 aromatic rings. The molecule has 0 unspecified atom stereocenters. The molecular formula is C24H23NO4. The highest BCUT2D eigenvalue weighted by Crippen LogP contribution is 2.41. The van der Waals surface area contributed by atoms with E-state index in [4.69, 9.17) is 0 Å². The summed E-state index contributed by atoms with van der Waals surface area (Å²) in [5.41, 5.74) is 1.62. The molecule has 0 heterocycles. The van der Waals surface area contributed by atoms with Crippen molar-refractivity contribution in [1.82, 2.24) is 0 Å². The zero-order chi connectivity index (χ0) is 21.2. The minimum Gasteiger partial charge on any atom is -0.478 e. The fourth-order valence-corrected chi connectivity index (χ4v) is 3.20. The Morgan fingerprint density at radius 2 is 1.10 bits per heavy atom. The van der Waals surface area contributed by atoms with E-state index in [1.807, 2.05) is 81.4 Å². The van der Waals surface area contributed by atoms with Gasteiger partial charge in [0.25, 0.3) is 0 Å². The predicted molar refractivity (Wildman–Crippen MR) is 114 cm³/mol. The molecule has 0 radical (unpaired) electrons. The number of hydrogen-bond acceptors (Lipinski definition) is 3. The summed E-state index contributed by atoms with van der Waals surface area (Å²) >= 11 is 0. The summed E-state index contributed by atoms with van der Waals surface area (Å²) in [4.78, 5) is 26.1. The number of anilines is 3. The average molecular weight is 389 g/mol. The van der Waals surface area contributed by atoms with Crippen molar-refractivity contribution in [3.8, 4) is 0 Å². The van der Waals surface area contributed by atoms with Gasteiger partial charge in [0.2, 0.25) is 0 Å². The van der Waals surface area contributed by atoms with E-state index in [1.54, 1.807) is 17.0 Å². The van der Waals surface area contributed by atoms with Crippen molar-refractivity contribution in [2.45, 2.75) is 26.2 Å². The minimum absolute atomic E-state index is 0.0532. The maximum Gasteiger partial charge on any atom is 0.337 e. The number of nitrogens with zero attached hydrogens (tertiary/aromatic N) is 1. The van der Waals surface area contributed by atoms with Crippen molar-refractivity contribution in [2.75, 3.05) is 4.90 Å². The van der Waals surface area contributed by atoms with E-state index in [1.165, 1.54) is 0 Å². The molecular weight excluding hydrogens is 366 g/mol. The van der Waals surface area contributed by atoms with Gasteiger partial charge in [0.15, 0.2) is 0 Å². The van der Waals surface area contributed by atoms with Gasteiger partial charge in [0.1, 0.15) is 0 Å². The van der Waals surface area contributed by atoms with Crippen LogP contribution in [0.25, 0.3) is 0 Å². The van der Waals surface area contributed by atoms with E-state index in [2.05, 4.69) is 0 Å². The van der Waals surface area contributed by atoms with Crippen LogP contribution in [0.15, 0.2) is 72.8 Å². The quantitative estimate of drug-likeness (QED) is 0.572. The molecule has 5 nitrogen and oxygen atoms in total. The fraction of sp³-hybridized carbons (Fsp3) is 0.167. The Morgan fingerprint density at radius 1 is 0.724 bits per heavy atom. The number of rotatable bonds is 5. The van der Waals surface area contributed by atoms with Crippen LogP contribution >= 0.6 is 0 Å². The molecule has 5 heteroatoms. The summed E-state index contributed by atoms with van der Waals surface area (Å²) in [6.07, 6.45) is 0. The van der Waals surface area contributed by atoms with Gasteiger partial charge in [-0.2, -0.15) is 0 Å². The Bertz CT molecular complexity index is 963. The molecule has 29 heavy (non-hydrogen) atoms. The summed E-state index contributed by atoms with van der Waals surface area (Å²) in [5.74, 6) is -2.35. The van der Waals surface area contributed by atoms with Crippen LogP contribution in [0.4, 0.5) is 17.1 Å². The molecule has 0 aliphatic heterocycles. The number of hydrogen-bond donors (Lipinski definition) is 2. The van der Waals surface area contributed by atoms with E-state index in [9.17, 15) is 19.8 Å². The van der Waals surface area contributed by atoms with Crippen molar-refractivity contribution in [2.24, 2.45) is 0 Å². The number of carboxylic acid groups (broad SMARTS) is 2. The Balaban J connectivity index is 2.41. The third-order valence-electron chi connectivity index (χ3n) is 4.69. The molecule has 2 N–H and O–H groups in total. The second kappa shape index (κ2) is 7.80. The standard InChI is InChI=1S/C24H23NO4/c1-24(2,3)16-14-19(22(26)27)21(20(15-16)23(28)29)25(17-10-6-4-7-11-17)18-12-8-5-9-13-18/h4-15H,1-3H3,(H,26,27)(H,28,29). The highest BCUT2D eigenvalue weighted by Gasteiger charge is 2.29. The zero-order valence-corrected chi connectivity index (χ0v) is 16.6. The third-order valence-corrected chi connectivity index (χ3v) is 4.69. The van der Waals surface area contributed by atoms with Gasteiger partial charge in [0, 0.05) is 11.4 Å². The van der Waals surface area contributed by atoms with E-state index >= 15 is 0 Å². The van der Waals surface area contributed by atoms with Gasteiger partial charge < -0.3 is 15.1 Å². The van der Waals surface area contributed by atoms with Crippen LogP contribution in [0.1, 0.15) is 47.1 Å². The lowest BCUT2D eigenvalue weighted by molar-refractivity contribution is 0.0696. The van der Waals surface area contributed by atoms with Crippen molar-refractivity contribution < 1.29 is 19.8 Å². The number of carboxylic acids is 2. The molecule has 0 aliphatic carbocycles. The van der Waals surface area contributed by atoms with Crippen LogP contribution in [0.2, 0.25) is 0 Å². The van der Waals surface area contributed by atoms with Gasteiger partial charge in [-0.1, -0.05) is 57.2 Å². The number of carbonyl (C=O) groups is 2. The fourth-order valence-electron chi connectivity index (χ4n) is 3.20. The van der Waals surface area contributed by atoms with Crippen molar-refractivity contribution in [3.63, 3.8) is 0 Å². The van der Waals surface area contributed by atoms with Crippen LogP contribution in [0.3, 0.4) is 0 Å². The lowest BCUT2D eigenvalue weighted by Gasteiger charge is -2.30. The molecule has 148 valence electrons. The minimum atomic E-state index is -1.18. The highest BCUT2D eigenvalue weighted by atomic mass is 16.4. The Morgan fingerprint density at radius 3 is 1.41 bits per heavy atom. The van der Waals surface area contributed by atoms with Crippen LogP contribution < -0.4 is 4.90 Å². The molecule has 0 fully saturated rings. The summed E-state index contributed by atoms with van der Waals surface area (Å²) in [6, 6.07) is 21.5. The normalized spacial score (nSPS) is 11.1. The van der Waals surface area contributed by atoms with E-state index in [0.717, 1.165) is 0 Å². The first-order chi connectivity index (χ1) is 13.7. The monoisotopic (exact) mass is 389 g/mol. The smallest absolute Gasteiger partial charge is 0.337 e. The summed E-state index contributed by atoms with van der Waals surface area (Å²) in [5, 5.41) is 20.0. The highest BCUT2D eigenvalue weighted by molar-refractivity contribution is 6.06. The summed E-state index contributed by atoms with van der Waals surface area (Å²) < 4.78 is 0. The maximum absolute atomic E-state index is 12.2. The van der Waals surface area contributed by atoms with Crippen LogP contribution in [0.5, 0.6) is 0 Å². The van der Waals surface area contributed by atoms with Gasteiger partial charge in [-0.05, 0) is 47.4 Å². The second-order valence-corrected chi connectivity index (χ2v) is 7.79. The van der Waals surface area contributed by atoms with E-state index in [-0.39, 0.29) is 16.8 Å². The van der Waals surface area contributed by atoms with Crippen LogP contribution in [0, 0.1) is 0 Å². The first kappa shape index (κ1) is 20.1. The third kappa shape index (κ3) is 4.14. The molecule has 0 atom stereocenters. The lowest BCUT2D eigenvalue weighted by atomic mass is 9.84. The number of para-hydroxylation sites is 2. The largest absolute Gasteiger partial charge is 0.478 e. The van der Waals surface area contributed by atoms with E-state index < -0.39 is 17.4 Å². The van der Waals surface area contributed by atoms with Crippen LogP contribution in [-0.4, -0.2) is 22.2 Å². The van der Waals surface area contributed by atoms with Crippen molar-refractivity contribution >= 4 is 29.0 Å². The lowest BCUT2D eigenvalue weighted by Crippen LogP contribution is -2.21. The topological polar surface area (TPSA) is 77.8 Å². The molecule has 3 aromatic carbocycles. The van der Waals surface area contributed by atoms with Crippen molar-refractivity contribution in [1.29, 1.82) is 0 Å². The van der Waals surface area contributed by atoms with Crippen molar-refractivity contribution in [3.05, 3.63) is 89.5 Å². The van der Waals surface area contributed by atoms with Gasteiger partial charge in [0.05, 0.1) is 16.8 Å². The number of benzene rings is 3. The van der Waals surface area contributed by atoms with Gasteiger partial charge in [-0.25, -0.2) is 9.59 Å². The first-order valence-corrected chi connectivity index (χ1v) is 9.25. The molecule has 0 bridgehead atoms.